The summed E-state index contributed by atoms with van der Waals surface area (Å²) in [7, 11) is 4.19. The molecule has 0 N–H and O–H groups in total. The number of carbonyl (C=O) groups excluding carboxylic acids is 2. The van der Waals surface area contributed by atoms with Crippen LogP contribution in [0.25, 0.3) is 10.9 Å². The smallest absolute Gasteiger partial charge is 0.417 e. The lowest BCUT2D eigenvalue weighted by Crippen LogP contribution is -2.37. The van der Waals surface area contributed by atoms with Crippen molar-refractivity contribution in [3.8, 4) is 23.0 Å². The summed E-state index contributed by atoms with van der Waals surface area (Å²) in [5, 5.41) is 0.655. The minimum absolute atomic E-state index is 0.127. The molecule has 10 nitrogen and oxygen atoms in total. The Morgan fingerprint density at radius 1 is 0.907 bits per heavy atom. The van der Waals surface area contributed by atoms with Crippen LogP contribution in [0.5, 0.6) is 23.0 Å². The number of methoxy groups -OCH3 is 2. The highest BCUT2D eigenvalue weighted by molar-refractivity contribution is 6.27. The molecule has 5 rings (SSSR count). The van der Waals surface area contributed by atoms with Crippen molar-refractivity contribution in [2.75, 3.05) is 30.6 Å². The number of ether oxygens (including phenoxy) is 3. The summed E-state index contributed by atoms with van der Waals surface area (Å²) >= 11 is 0. The van der Waals surface area contributed by atoms with E-state index in [1.54, 1.807) is 36.5 Å². The first-order valence-corrected chi connectivity index (χ1v) is 13.1. The Bertz CT molecular complexity index is 1820. The molecule has 1 aliphatic heterocycles. The van der Waals surface area contributed by atoms with Gasteiger partial charge in [0.05, 0.1) is 31.0 Å². The maximum atomic E-state index is 13.4. The number of pyridine rings is 2. The first-order chi connectivity index (χ1) is 20.3. The number of aryl methyl sites for hydroxylation is 1. The minimum Gasteiger partial charge on any atom is -0.493 e. The van der Waals surface area contributed by atoms with Crippen LogP contribution in [0, 0.1) is 0 Å². The van der Waals surface area contributed by atoms with E-state index in [9.17, 15) is 27.6 Å². The van der Waals surface area contributed by atoms with Gasteiger partial charge in [0.25, 0.3) is 11.5 Å². The molecule has 0 aliphatic carbocycles. The monoisotopic (exact) mass is 596 g/mol. The maximum Gasteiger partial charge on any atom is 0.417 e. The van der Waals surface area contributed by atoms with Crippen molar-refractivity contribution < 1.29 is 37.0 Å². The molecule has 224 valence electrons. The Labute approximate surface area is 243 Å². The molecule has 0 atom stereocenters. The van der Waals surface area contributed by atoms with Crippen molar-refractivity contribution in [1.29, 1.82) is 0 Å². The van der Waals surface area contributed by atoms with E-state index in [1.807, 2.05) is 13.8 Å². The molecular weight excluding hydrogens is 569 g/mol. The molecule has 43 heavy (non-hydrogen) atoms. The van der Waals surface area contributed by atoms with E-state index in [-0.39, 0.29) is 11.6 Å². The van der Waals surface area contributed by atoms with Crippen LogP contribution in [-0.4, -0.2) is 42.3 Å². The second-order valence-corrected chi connectivity index (χ2v) is 10.1. The number of halogens is 3. The number of carbonyl (C=O) groups is 2. The highest BCUT2D eigenvalue weighted by Gasteiger charge is 2.41. The van der Waals surface area contributed by atoms with Gasteiger partial charge in [-0.15, -0.1) is 0 Å². The molecule has 0 bridgehead atoms. The fourth-order valence-corrected chi connectivity index (χ4v) is 4.86. The number of alkyl halides is 3. The van der Waals surface area contributed by atoms with Crippen molar-refractivity contribution in [2.24, 2.45) is 7.05 Å². The Morgan fingerprint density at radius 2 is 1.60 bits per heavy atom. The van der Waals surface area contributed by atoms with Crippen molar-refractivity contribution in [2.45, 2.75) is 25.9 Å². The average molecular weight is 597 g/mol. The van der Waals surface area contributed by atoms with Gasteiger partial charge in [0, 0.05) is 30.9 Å². The fraction of sp³-hybridized carbons (Fsp3) is 0.267. The molecular formula is C30H27F3N4O6. The largest absolute Gasteiger partial charge is 0.493 e. The highest BCUT2D eigenvalue weighted by atomic mass is 19.4. The van der Waals surface area contributed by atoms with Crippen LogP contribution in [0.4, 0.5) is 29.3 Å². The topological polar surface area (TPSA) is 103 Å². The van der Waals surface area contributed by atoms with Crippen LogP contribution >= 0.6 is 0 Å². The van der Waals surface area contributed by atoms with Gasteiger partial charge in [-0.25, -0.2) is 9.69 Å². The molecule has 2 aromatic heterocycles. The van der Waals surface area contributed by atoms with E-state index in [2.05, 4.69) is 4.98 Å². The van der Waals surface area contributed by atoms with E-state index in [0.717, 1.165) is 21.4 Å². The molecule has 0 spiro atoms. The SMILES string of the molecule is COc1cc2nccc(Oc3ccc(N4C(=O)CN(c5cc(C(F)(F)F)cn(C)c5=O)C4=O)cc3C(C)C)c2cc1OC. The van der Waals surface area contributed by atoms with E-state index < -0.39 is 41.5 Å². The fourth-order valence-electron chi connectivity index (χ4n) is 4.86. The van der Waals surface area contributed by atoms with E-state index in [4.69, 9.17) is 14.2 Å². The molecule has 3 heterocycles. The molecule has 2 aromatic carbocycles. The van der Waals surface area contributed by atoms with Gasteiger partial charge in [0.1, 0.15) is 23.7 Å². The minimum atomic E-state index is -4.76. The molecule has 0 unspecified atom stereocenters. The summed E-state index contributed by atoms with van der Waals surface area (Å²) in [5.74, 6) is 1.08. The van der Waals surface area contributed by atoms with Gasteiger partial charge >= 0.3 is 12.2 Å². The van der Waals surface area contributed by atoms with Gasteiger partial charge < -0.3 is 18.8 Å². The Hall–Kier alpha value is -5.07. The number of benzene rings is 2. The molecule has 1 fully saturated rings. The summed E-state index contributed by atoms with van der Waals surface area (Å²) in [6, 6.07) is 9.50. The van der Waals surface area contributed by atoms with Gasteiger partial charge in [0.15, 0.2) is 11.5 Å². The summed E-state index contributed by atoms with van der Waals surface area (Å²) in [5.41, 5.74) is -1.07. The number of amides is 3. The van der Waals surface area contributed by atoms with Gasteiger partial charge in [-0.1, -0.05) is 13.8 Å². The Balaban J connectivity index is 1.51. The van der Waals surface area contributed by atoms with E-state index in [0.29, 0.717) is 51.7 Å². The third kappa shape index (κ3) is 5.33. The van der Waals surface area contributed by atoms with Gasteiger partial charge in [0.2, 0.25) is 0 Å². The zero-order chi connectivity index (χ0) is 31.2. The standard InChI is InChI=1S/C30H27F3N4O6/c1-16(2)19-11-18(6-7-23(19)43-24-8-9-34-21-13-26(42-5)25(41-4)12-20(21)24)37-27(38)15-36(29(37)40)22-10-17(30(31,32)33)14-35(3)28(22)39/h6-14,16H,15H2,1-5H3. The number of hydrogen-bond donors (Lipinski definition) is 0. The van der Waals surface area contributed by atoms with Gasteiger partial charge in [-0.3, -0.25) is 19.5 Å². The van der Waals surface area contributed by atoms with Crippen LogP contribution in [0.1, 0.15) is 30.9 Å². The summed E-state index contributed by atoms with van der Waals surface area (Å²) in [6.07, 6.45) is -2.54. The van der Waals surface area contributed by atoms with Crippen LogP contribution in [0.3, 0.4) is 0 Å². The Morgan fingerprint density at radius 3 is 2.26 bits per heavy atom. The maximum absolute atomic E-state index is 13.4. The lowest BCUT2D eigenvalue weighted by atomic mass is 10.0. The number of aromatic nitrogens is 2. The Kier molecular flexibility index (Phi) is 7.51. The lowest BCUT2D eigenvalue weighted by Gasteiger charge is -2.21. The molecule has 0 saturated carbocycles. The van der Waals surface area contributed by atoms with Crippen LogP contribution in [0.15, 0.2) is 59.7 Å². The number of fused-ring (bicyclic) bond motifs is 1. The van der Waals surface area contributed by atoms with E-state index >= 15 is 0 Å². The van der Waals surface area contributed by atoms with Crippen molar-refractivity contribution >= 4 is 34.2 Å². The normalized spacial score (nSPS) is 13.8. The summed E-state index contributed by atoms with van der Waals surface area (Å²) < 4.78 is 58.1. The first-order valence-electron chi connectivity index (χ1n) is 13.1. The number of urea groups is 1. The highest BCUT2D eigenvalue weighted by Crippen LogP contribution is 2.40. The zero-order valence-electron chi connectivity index (χ0n) is 23.9. The molecule has 4 aromatic rings. The number of imide groups is 1. The molecule has 1 saturated heterocycles. The predicted octanol–water partition coefficient (Wildman–Crippen LogP) is 5.86. The summed E-state index contributed by atoms with van der Waals surface area (Å²) in [4.78, 5) is 45.1. The number of rotatable bonds is 7. The van der Waals surface area contributed by atoms with Gasteiger partial charge in [-0.2, -0.15) is 13.2 Å². The van der Waals surface area contributed by atoms with Crippen molar-refractivity contribution in [3.05, 3.63) is 76.3 Å². The number of hydrogen-bond acceptors (Lipinski definition) is 7. The molecule has 0 radical (unpaired) electrons. The number of nitrogens with zero attached hydrogens (tertiary/aromatic N) is 4. The zero-order valence-corrected chi connectivity index (χ0v) is 23.9. The third-order valence-electron chi connectivity index (χ3n) is 7.05. The van der Waals surface area contributed by atoms with Crippen LogP contribution in [-0.2, 0) is 18.0 Å². The van der Waals surface area contributed by atoms with Crippen LogP contribution < -0.4 is 29.6 Å². The second-order valence-electron chi connectivity index (χ2n) is 10.1. The van der Waals surface area contributed by atoms with Crippen molar-refractivity contribution in [1.82, 2.24) is 9.55 Å². The lowest BCUT2D eigenvalue weighted by molar-refractivity contribution is -0.138. The van der Waals surface area contributed by atoms with Crippen molar-refractivity contribution in [3.63, 3.8) is 0 Å². The summed E-state index contributed by atoms with van der Waals surface area (Å²) in [6.45, 7) is 3.20. The first kappa shape index (κ1) is 29.4. The van der Waals surface area contributed by atoms with Crippen LogP contribution in [0.2, 0.25) is 0 Å². The number of anilines is 2. The predicted molar refractivity (Wildman–Crippen MR) is 152 cm³/mol. The third-order valence-corrected chi connectivity index (χ3v) is 7.05. The van der Waals surface area contributed by atoms with E-state index in [1.165, 1.54) is 20.3 Å². The molecule has 1 aliphatic rings. The molecule has 3 amide bonds. The average Bonchev–Trinajstić information content (AvgIpc) is 3.26. The molecule has 13 heteroatoms. The quantitative estimate of drug-likeness (QED) is 0.246. The van der Waals surface area contributed by atoms with Gasteiger partial charge in [-0.05, 0) is 47.9 Å². The second kappa shape index (κ2) is 11.0.